The zero-order valence-corrected chi connectivity index (χ0v) is 24.1. The standard InChI is InChI=1S/C30H46O4Si/c1-22(2)33-29(32)17-12-10-9-11-16-25-26(19-18-24-15-13-14-23(3)20-24)28(21-27(25)31)34-35(7,8)30(4,5)6/h9,11,13-15,18-20,22,25-26,28H,10,12,16-17,21H2,1-8H3/b11-9-,19-18?/t25?,26-,28-/m1/s1. The summed E-state index contributed by atoms with van der Waals surface area (Å²) < 4.78 is 12.0. The molecular weight excluding hydrogens is 452 g/mol. The van der Waals surface area contributed by atoms with Gasteiger partial charge < -0.3 is 9.16 Å². The molecule has 0 aliphatic heterocycles. The van der Waals surface area contributed by atoms with Crippen LogP contribution in [0, 0.1) is 18.8 Å². The van der Waals surface area contributed by atoms with Crippen molar-refractivity contribution in [2.45, 2.75) is 104 Å². The van der Waals surface area contributed by atoms with Gasteiger partial charge in [0, 0.05) is 24.7 Å². The number of aryl methyl sites for hydroxylation is 1. The quantitative estimate of drug-likeness (QED) is 0.136. The minimum atomic E-state index is -2.01. The molecule has 1 unspecified atom stereocenters. The van der Waals surface area contributed by atoms with Gasteiger partial charge in [-0.25, -0.2) is 0 Å². The highest BCUT2D eigenvalue weighted by Crippen LogP contribution is 2.43. The molecule has 0 bridgehead atoms. The van der Waals surface area contributed by atoms with Gasteiger partial charge in [0.2, 0.25) is 0 Å². The molecule has 3 atom stereocenters. The van der Waals surface area contributed by atoms with E-state index in [1.165, 1.54) is 5.56 Å². The van der Waals surface area contributed by atoms with Crippen LogP contribution in [0.1, 0.15) is 77.8 Å². The second-order valence-electron chi connectivity index (χ2n) is 11.7. The molecule has 194 valence electrons. The average Bonchev–Trinajstić information content (AvgIpc) is 3.01. The average molecular weight is 499 g/mol. The first-order chi connectivity index (χ1) is 16.3. The summed E-state index contributed by atoms with van der Waals surface area (Å²) in [5.41, 5.74) is 2.37. The summed E-state index contributed by atoms with van der Waals surface area (Å²) >= 11 is 0. The van der Waals surface area contributed by atoms with Crippen LogP contribution in [-0.4, -0.2) is 32.3 Å². The zero-order valence-electron chi connectivity index (χ0n) is 23.1. The molecule has 2 rings (SSSR count). The lowest BCUT2D eigenvalue weighted by Gasteiger charge is -2.39. The molecule has 0 heterocycles. The number of hydrogen-bond acceptors (Lipinski definition) is 4. The number of esters is 1. The molecule has 1 aromatic carbocycles. The van der Waals surface area contributed by atoms with Crippen LogP contribution in [-0.2, 0) is 18.8 Å². The van der Waals surface area contributed by atoms with Crippen molar-refractivity contribution in [3.05, 3.63) is 53.6 Å². The lowest BCUT2D eigenvalue weighted by molar-refractivity contribution is -0.147. The van der Waals surface area contributed by atoms with E-state index in [2.05, 4.69) is 89.4 Å². The highest BCUT2D eigenvalue weighted by molar-refractivity contribution is 6.74. The number of Topliss-reactive ketones (excluding diaryl/α,β-unsaturated/α-hetero) is 1. The predicted octanol–water partition coefficient (Wildman–Crippen LogP) is 7.67. The lowest BCUT2D eigenvalue weighted by atomic mass is 9.90. The molecule has 1 aromatic rings. The normalized spacial score (nSPS) is 21.5. The van der Waals surface area contributed by atoms with Gasteiger partial charge in [-0.1, -0.05) is 74.9 Å². The number of hydrogen-bond donors (Lipinski definition) is 0. The molecule has 0 spiro atoms. The first kappa shape index (κ1) is 29.2. The van der Waals surface area contributed by atoms with Gasteiger partial charge in [-0.3, -0.25) is 9.59 Å². The Bertz CT molecular complexity index is 907. The Morgan fingerprint density at radius 1 is 1.20 bits per heavy atom. The van der Waals surface area contributed by atoms with E-state index in [0.29, 0.717) is 19.3 Å². The zero-order chi connectivity index (χ0) is 26.2. The van der Waals surface area contributed by atoms with E-state index in [4.69, 9.17) is 9.16 Å². The van der Waals surface area contributed by atoms with Crippen molar-refractivity contribution < 1.29 is 18.8 Å². The molecule has 0 saturated heterocycles. The summed E-state index contributed by atoms with van der Waals surface area (Å²) in [5.74, 6) is 0.125. The second-order valence-corrected chi connectivity index (χ2v) is 16.4. The summed E-state index contributed by atoms with van der Waals surface area (Å²) in [7, 11) is -2.01. The summed E-state index contributed by atoms with van der Waals surface area (Å²) in [6.07, 6.45) is 11.6. The summed E-state index contributed by atoms with van der Waals surface area (Å²) in [5, 5.41) is 0.0928. The number of unbranched alkanes of at least 4 members (excludes halogenated alkanes) is 1. The molecule has 1 aliphatic rings. The van der Waals surface area contributed by atoms with Crippen LogP contribution in [0.3, 0.4) is 0 Å². The number of allylic oxidation sites excluding steroid dienone is 2. The van der Waals surface area contributed by atoms with Gasteiger partial charge in [-0.2, -0.15) is 0 Å². The SMILES string of the molecule is Cc1cccc(C=C[C@@H]2C(C/C=C\CCCC(=O)OC(C)C)C(=O)C[C@H]2O[Si](C)(C)C(C)(C)C)c1. The minimum Gasteiger partial charge on any atom is -0.463 e. The number of ether oxygens (including phenoxy) is 1. The molecule has 0 N–H and O–H groups in total. The van der Waals surface area contributed by atoms with Gasteiger partial charge in [0.05, 0.1) is 12.2 Å². The van der Waals surface area contributed by atoms with Crippen molar-refractivity contribution in [3.8, 4) is 0 Å². The maximum Gasteiger partial charge on any atom is 0.306 e. The van der Waals surface area contributed by atoms with Gasteiger partial charge in [0.25, 0.3) is 0 Å². The van der Waals surface area contributed by atoms with Crippen molar-refractivity contribution in [1.29, 1.82) is 0 Å². The van der Waals surface area contributed by atoms with Crippen LogP contribution in [0.25, 0.3) is 6.08 Å². The van der Waals surface area contributed by atoms with Crippen molar-refractivity contribution in [1.82, 2.24) is 0 Å². The van der Waals surface area contributed by atoms with Crippen molar-refractivity contribution in [3.63, 3.8) is 0 Å². The Kier molecular flexibility index (Phi) is 10.7. The van der Waals surface area contributed by atoms with Gasteiger partial charge in [0.15, 0.2) is 8.32 Å². The topological polar surface area (TPSA) is 52.6 Å². The van der Waals surface area contributed by atoms with Gasteiger partial charge >= 0.3 is 5.97 Å². The smallest absolute Gasteiger partial charge is 0.306 e. The highest BCUT2D eigenvalue weighted by Gasteiger charge is 2.46. The van der Waals surface area contributed by atoms with E-state index in [1.54, 1.807) is 0 Å². The molecule has 0 amide bonds. The predicted molar refractivity (Wildman–Crippen MR) is 148 cm³/mol. The Morgan fingerprint density at radius 2 is 1.91 bits per heavy atom. The van der Waals surface area contributed by atoms with Crippen LogP contribution in [0.4, 0.5) is 0 Å². The number of carbonyl (C=O) groups is 2. The molecular formula is C30H46O4Si. The Morgan fingerprint density at radius 3 is 2.54 bits per heavy atom. The first-order valence-corrected chi connectivity index (χ1v) is 16.0. The maximum absolute atomic E-state index is 13.1. The summed E-state index contributed by atoms with van der Waals surface area (Å²) in [6, 6.07) is 8.42. The fourth-order valence-electron chi connectivity index (χ4n) is 4.22. The van der Waals surface area contributed by atoms with Crippen LogP contribution in [0.5, 0.6) is 0 Å². The van der Waals surface area contributed by atoms with E-state index in [9.17, 15) is 9.59 Å². The van der Waals surface area contributed by atoms with E-state index in [1.807, 2.05) is 13.8 Å². The maximum atomic E-state index is 13.1. The molecule has 1 fully saturated rings. The van der Waals surface area contributed by atoms with Crippen molar-refractivity contribution >= 4 is 26.1 Å². The van der Waals surface area contributed by atoms with Gasteiger partial charge in [-0.05, 0) is 63.7 Å². The number of benzene rings is 1. The van der Waals surface area contributed by atoms with Crippen LogP contribution in [0.2, 0.25) is 18.1 Å². The van der Waals surface area contributed by atoms with E-state index < -0.39 is 8.32 Å². The molecule has 1 saturated carbocycles. The number of rotatable bonds is 11. The third-order valence-corrected chi connectivity index (χ3v) is 11.7. The highest BCUT2D eigenvalue weighted by atomic mass is 28.4. The fraction of sp³-hybridized carbons (Fsp3) is 0.600. The van der Waals surface area contributed by atoms with Gasteiger partial charge in [-0.15, -0.1) is 0 Å². The monoisotopic (exact) mass is 498 g/mol. The Hall–Kier alpha value is -1.98. The summed E-state index contributed by atoms with van der Waals surface area (Å²) in [6.45, 7) is 17.1. The first-order valence-electron chi connectivity index (χ1n) is 13.1. The molecule has 4 nitrogen and oxygen atoms in total. The van der Waals surface area contributed by atoms with E-state index in [-0.39, 0.29) is 40.8 Å². The molecule has 1 aliphatic carbocycles. The molecule has 0 radical (unpaired) electrons. The van der Waals surface area contributed by atoms with E-state index >= 15 is 0 Å². The van der Waals surface area contributed by atoms with Crippen LogP contribution >= 0.6 is 0 Å². The summed E-state index contributed by atoms with van der Waals surface area (Å²) in [4.78, 5) is 24.8. The van der Waals surface area contributed by atoms with Crippen LogP contribution < -0.4 is 0 Å². The largest absolute Gasteiger partial charge is 0.463 e. The van der Waals surface area contributed by atoms with Gasteiger partial charge in [0.1, 0.15) is 5.78 Å². The number of ketones is 1. The Labute approximate surface area is 214 Å². The third-order valence-electron chi connectivity index (χ3n) is 7.19. The second kappa shape index (κ2) is 12.8. The lowest BCUT2D eigenvalue weighted by Crippen LogP contribution is -2.45. The van der Waals surface area contributed by atoms with Crippen LogP contribution in [0.15, 0.2) is 42.5 Å². The minimum absolute atomic E-state index is 0.0582. The number of carbonyl (C=O) groups excluding carboxylic acids is 2. The molecule has 5 heteroatoms. The third kappa shape index (κ3) is 9.19. The Balaban J connectivity index is 2.10. The van der Waals surface area contributed by atoms with Crippen molar-refractivity contribution in [2.75, 3.05) is 0 Å². The van der Waals surface area contributed by atoms with Crippen molar-refractivity contribution in [2.24, 2.45) is 11.8 Å². The molecule has 35 heavy (non-hydrogen) atoms. The molecule has 0 aromatic heterocycles. The fourth-order valence-corrected chi connectivity index (χ4v) is 5.58. The van der Waals surface area contributed by atoms with E-state index in [0.717, 1.165) is 18.4 Å².